The summed E-state index contributed by atoms with van der Waals surface area (Å²) >= 11 is 0. The van der Waals surface area contributed by atoms with Gasteiger partial charge in [-0.3, -0.25) is 0 Å². The third-order valence-electron chi connectivity index (χ3n) is 1.71. The van der Waals surface area contributed by atoms with E-state index in [0.717, 1.165) is 0 Å². The normalized spacial score (nSPS) is 10.2. The second-order valence-corrected chi connectivity index (χ2v) is 2.64. The predicted molar refractivity (Wildman–Crippen MR) is 45.7 cm³/mol. The van der Waals surface area contributed by atoms with Crippen LogP contribution in [0.1, 0.15) is 11.1 Å². The van der Waals surface area contributed by atoms with E-state index in [1.54, 1.807) is 12.1 Å². The van der Waals surface area contributed by atoms with Gasteiger partial charge in [-0.2, -0.15) is 0 Å². The summed E-state index contributed by atoms with van der Waals surface area (Å²) in [6.45, 7) is -0.0405. The Bertz CT molecular complexity index is 263. The number of aromatic hydroxyl groups is 1. The summed E-state index contributed by atoms with van der Waals surface area (Å²) in [4.78, 5) is 0. The molecule has 0 aromatic heterocycles. The van der Waals surface area contributed by atoms with Crippen LogP contribution in [0.2, 0.25) is 0 Å². The van der Waals surface area contributed by atoms with Crippen LogP contribution in [0.3, 0.4) is 0 Å². The van der Waals surface area contributed by atoms with Crippen LogP contribution in [0.4, 0.5) is 4.39 Å². The lowest BCUT2D eigenvalue weighted by Crippen LogP contribution is -2.03. The van der Waals surface area contributed by atoms with Crippen molar-refractivity contribution in [2.24, 2.45) is 5.73 Å². The molecule has 3 heteroatoms. The van der Waals surface area contributed by atoms with Crippen molar-refractivity contribution in [2.45, 2.75) is 13.1 Å². The monoisotopic (exact) mass is 169 g/mol. The first kappa shape index (κ1) is 9.00. The van der Waals surface area contributed by atoms with Gasteiger partial charge in [-0.15, -0.1) is 0 Å². The molecular formula is C9H12FNO. The minimum absolute atomic E-state index is 0.192. The molecule has 1 aromatic carbocycles. The van der Waals surface area contributed by atoms with Crippen molar-refractivity contribution in [2.75, 3.05) is 6.54 Å². The zero-order chi connectivity index (χ0) is 8.97. The van der Waals surface area contributed by atoms with E-state index >= 15 is 0 Å². The molecule has 1 rings (SSSR count). The zero-order valence-electron chi connectivity index (χ0n) is 6.76. The summed E-state index contributed by atoms with van der Waals surface area (Å²) in [5.41, 5.74) is 6.61. The van der Waals surface area contributed by atoms with E-state index in [-0.39, 0.29) is 5.75 Å². The van der Waals surface area contributed by atoms with Crippen molar-refractivity contribution >= 4 is 0 Å². The first-order chi connectivity index (χ1) is 5.77. The third-order valence-corrected chi connectivity index (χ3v) is 1.71. The lowest BCUT2D eigenvalue weighted by molar-refractivity contribution is 0.463. The zero-order valence-corrected chi connectivity index (χ0v) is 6.76. The van der Waals surface area contributed by atoms with Crippen LogP contribution >= 0.6 is 0 Å². The second kappa shape index (κ2) is 4.07. The Balaban J connectivity index is 2.91. The van der Waals surface area contributed by atoms with Crippen molar-refractivity contribution in [3.05, 3.63) is 29.3 Å². The molecule has 0 aliphatic carbocycles. The number of rotatable bonds is 3. The number of phenolic OH excluding ortho intramolecular Hbond substituents is 1. The topological polar surface area (TPSA) is 46.2 Å². The Hall–Kier alpha value is -1.09. The highest BCUT2D eigenvalue weighted by Crippen LogP contribution is 2.19. The van der Waals surface area contributed by atoms with Gasteiger partial charge in [-0.05, 0) is 36.2 Å². The number of phenols is 1. The van der Waals surface area contributed by atoms with Gasteiger partial charge < -0.3 is 10.8 Å². The van der Waals surface area contributed by atoms with Crippen LogP contribution in [0.5, 0.6) is 5.75 Å². The van der Waals surface area contributed by atoms with E-state index in [0.29, 0.717) is 24.1 Å². The van der Waals surface area contributed by atoms with E-state index in [1.807, 2.05) is 0 Å². The van der Waals surface area contributed by atoms with Gasteiger partial charge in [0.2, 0.25) is 0 Å². The Labute approximate surface area is 70.8 Å². The molecule has 0 spiro atoms. The molecule has 0 atom stereocenters. The second-order valence-electron chi connectivity index (χ2n) is 2.64. The molecule has 0 amide bonds. The summed E-state index contributed by atoms with van der Waals surface area (Å²) in [5.74, 6) is 0.192. The van der Waals surface area contributed by atoms with Crippen LogP contribution < -0.4 is 5.73 Å². The summed E-state index contributed by atoms with van der Waals surface area (Å²) in [6.07, 6.45) is 0.583. The first-order valence-corrected chi connectivity index (χ1v) is 3.84. The van der Waals surface area contributed by atoms with E-state index in [4.69, 9.17) is 5.73 Å². The quantitative estimate of drug-likeness (QED) is 0.717. The highest BCUT2D eigenvalue weighted by molar-refractivity contribution is 5.36. The minimum atomic E-state index is -0.502. The van der Waals surface area contributed by atoms with Gasteiger partial charge in [0.05, 0.1) is 0 Å². The first-order valence-electron chi connectivity index (χ1n) is 3.84. The molecule has 0 aliphatic heterocycles. The Morgan fingerprint density at radius 3 is 2.75 bits per heavy atom. The van der Waals surface area contributed by atoms with Crippen LogP contribution in [0.25, 0.3) is 0 Å². The molecule has 2 nitrogen and oxygen atoms in total. The van der Waals surface area contributed by atoms with E-state index in [9.17, 15) is 9.50 Å². The molecule has 0 radical (unpaired) electrons. The molecule has 12 heavy (non-hydrogen) atoms. The summed E-state index contributed by atoms with van der Waals surface area (Å²) in [5, 5.41) is 9.28. The Morgan fingerprint density at radius 1 is 1.42 bits per heavy atom. The van der Waals surface area contributed by atoms with E-state index in [2.05, 4.69) is 0 Å². The van der Waals surface area contributed by atoms with Gasteiger partial charge in [0.15, 0.2) is 0 Å². The maximum atomic E-state index is 12.2. The van der Waals surface area contributed by atoms with Gasteiger partial charge >= 0.3 is 0 Å². The molecule has 0 aliphatic rings. The average Bonchev–Trinajstić information content (AvgIpc) is 2.09. The molecule has 0 heterocycles. The number of nitrogens with two attached hydrogens (primary N) is 1. The van der Waals surface area contributed by atoms with Crippen LogP contribution in [-0.2, 0) is 13.1 Å². The average molecular weight is 169 g/mol. The van der Waals surface area contributed by atoms with Crippen LogP contribution in [-0.4, -0.2) is 11.7 Å². The summed E-state index contributed by atoms with van der Waals surface area (Å²) < 4.78 is 12.2. The van der Waals surface area contributed by atoms with Crippen molar-refractivity contribution in [1.29, 1.82) is 0 Å². The fourth-order valence-corrected chi connectivity index (χ4v) is 1.08. The van der Waals surface area contributed by atoms with Crippen molar-refractivity contribution in [1.82, 2.24) is 0 Å². The van der Waals surface area contributed by atoms with Gasteiger partial charge in [0.1, 0.15) is 12.4 Å². The fourth-order valence-electron chi connectivity index (χ4n) is 1.08. The third kappa shape index (κ3) is 1.95. The van der Waals surface area contributed by atoms with Gasteiger partial charge in [-0.1, -0.05) is 6.07 Å². The van der Waals surface area contributed by atoms with Crippen LogP contribution in [0.15, 0.2) is 18.2 Å². The highest BCUT2D eigenvalue weighted by atomic mass is 19.1. The molecule has 0 fully saturated rings. The molecule has 0 saturated carbocycles. The number of alkyl halides is 1. The Kier molecular flexibility index (Phi) is 3.05. The predicted octanol–water partition coefficient (Wildman–Crippen LogP) is 1.36. The van der Waals surface area contributed by atoms with Crippen molar-refractivity contribution < 1.29 is 9.50 Å². The molecule has 1 aromatic rings. The summed E-state index contributed by atoms with van der Waals surface area (Å²) in [6, 6.07) is 4.71. The molecule has 3 N–H and O–H groups in total. The molecule has 0 bridgehead atoms. The Morgan fingerprint density at radius 2 is 2.17 bits per heavy atom. The lowest BCUT2D eigenvalue weighted by atomic mass is 10.1. The van der Waals surface area contributed by atoms with Crippen LogP contribution in [0, 0.1) is 0 Å². The van der Waals surface area contributed by atoms with Gasteiger partial charge in [0, 0.05) is 0 Å². The number of hydrogen-bond donors (Lipinski definition) is 2. The molecule has 0 unspecified atom stereocenters. The molecule has 0 saturated heterocycles. The lowest BCUT2D eigenvalue weighted by Gasteiger charge is -2.03. The molecular weight excluding hydrogens is 157 g/mol. The number of benzene rings is 1. The maximum Gasteiger partial charge on any atom is 0.118 e. The SMILES string of the molecule is NCCc1cc(CF)ccc1O. The van der Waals surface area contributed by atoms with Gasteiger partial charge in [-0.25, -0.2) is 4.39 Å². The van der Waals surface area contributed by atoms with Crippen molar-refractivity contribution in [3.63, 3.8) is 0 Å². The standard InChI is InChI=1S/C9H12FNO/c10-6-7-1-2-9(12)8(5-7)3-4-11/h1-2,5,12H,3-4,6,11H2. The highest BCUT2D eigenvalue weighted by Gasteiger charge is 2.01. The van der Waals surface area contributed by atoms with E-state index in [1.165, 1.54) is 6.07 Å². The largest absolute Gasteiger partial charge is 0.508 e. The fraction of sp³-hybridized carbons (Fsp3) is 0.333. The van der Waals surface area contributed by atoms with Gasteiger partial charge in [0.25, 0.3) is 0 Å². The maximum absolute atomic E-state index is 12.2. The number of halogens is 1. The smallest absolute Gasteiger partial charge is 0.118 e. The minimum Gasteiger partial charge on any atom is -0.508 e. The summed E-state index contributed by atoms with van der Waals surface area (Å²) in [7, 11) is 0. The van der Waals surface area contributed by atoms with Crippen molar-refractivity contribution in [3.8, 4) is 5.75 Å². The molecule has 66 valence electrons. The number of hydrogen-bond acceptors (Lipinski definition) is 2. The van der Waals surface area contributed by atoms with E-state index < -0.39 is 6.67 Å².